The number of hydrogen-bond acceptors (Lipinski definition) is 13. The second-order valence-electron chi connectivity index (χ2n) is 18.2. The molecule has 1 radical (unpaired) electrons. The molecule has 14 nitrogen and oxygen atoms in total. The van der Waals surface area contributed by atoms with Crippen LogP contribution >= 0.6 is 11.3 Å². The number of likely N-dealkylation sites (tertiary alicyclic amines) is 1. The zero-order valence-electron chi connectivity index (χ0n) is 37.8. The van der Waals surface area contributed by atoms with Gasteiger partial charge >= 0.3 is 0 Å². The summed E-state index contributed by atoms with van der Waals surface area (Å²) in [5.41, 5.74) is 15.8. The molecule has 16 heteroatoms. The van der Waals surface area contributed by atoms with E-state index < -0.39 is 14.9 Å². The van der Waals surface area contributed by atoms with E-state index in [4.69, 9.17) is 10.3 Å². The Kier molecular flexibility index (Phi) is 13.2. The predicted molar refractivity (Wildman–Crippen MR) is 258 cm³/mol. The molecule has 6 aromatic rings. The lowest BCUT2D eigenvalue weighted by Crippen LogP contribution is -2.51. The molecular formula is C50H56N9O5SSi. The van der Waals surface area contributed by atoms with Crippen LogP contribution in [0.2, 0.25) is 6.04 Å². The van der Waals surface area contributed by atoms with E-state index in [1.165, 1.54) is 5.69 Å². The molecule has 3 saturated heterocycles. The number of amides is 2. The van der Waals surface area contributed by atoms with Crippen LogP contribution in [0.15, 0.2) is 95.0 Å². The van der Waals surface area contributed by atoms with Crippen molar-refractivity contribution >= 4 is 49.0 Å². The lowest BCUT2D eigenvalue weighted by molar-refractivity contribution is -0.131. The highest BCUT2D eigenvalue weighted by molar-refractivity contribution is 7.13. The van der Waals surface area contributed by atoms with Crippen molar-refractivity contribution in [1.29, 1.82) is 0 Å². The number of Topliss-reactive ketones (excluding diaryl/α,β-unsaturated/α-hetero) is 1. The van der Waals surface area contributed by atoms with Gasteiger partial charge in [-0.25, -0.2) is 4.98 Å². The first-order valence-corrected chi connectivity index (χ1v) is 25.4. The average molecular weight is 923 g/mol. The van der Waals surface area contributed by atoms with Crippen LogP contribution in [-0.4, -0.2) is 99.9 Å². The number of carbonyl (C=O) groups excluding carboxylic acids is 3. The van der Waals surface area contributed by atoms with Crippen LogP contribution in [0.4, 0.5) is 16.3 Å². The summed E-state index contributed by atoms with van der Waals surface area (Å²) in [5, 5.41) is 26.4. The Bertz CT molecular complexity index is 2690. The number of nitrogens with zero attached hydrogens (tertiary/aromatic N) is 7. The van der Waals surface area contributed by atoms with E-state index in [2.05, 4.69) is 59.7 Å². The highest BCUT2D eigenvalue weighted by Crippen LogP contribution is 2.37. The van der Waals surface area contributed by atoms with Gasteiger partial charge in [0.25, 0.3) is 8.96 Å². The number of rotatable bonds is 12. The number of hydrogen-bond donors (Lipinski definition) is 3. The average Bonchev–Trinajstić information content (AvgIpc) is 4.10. The zero-order chi connectivity index (χ0) is 46.1. The van der Waals surface area contributed by atoms with Gasteiger partial charge in [-0.15, -0.1) is 21.5 Å². The van der Waals surface area contributed by atoms with Gasteiger partial charge in [-0.2, -0.15) is 0 Å². The van der Waals surface area contributed by atoms with Crippen LogP contribution in [0.1, 0.15) is 87.0 Å². The van der Waals surface area contributed by atoms with Crippen molar-refractivity contribution in [2.24, 2.45) is 5.92 Å². The number of carbonyl (C=O) groups is 3. The number of phenolic OH excluding ortho intramolecular Hbond substituents is 1. The topological polar surface area (TPSA) is 184 Å². The molecule has 0 aliphatic carbocycles. The van der Waals surface area contributed by atoms with Gasteiger partial charge in [-0.3, -0.25) is 14.4 Å². The predicted octanol–water partition coefficient (Wildman–Crippen LogP) is 8.56. The Morgan fingerprint density at radius 1 is 0.894 bits per heavy atom. The smallest absolute Gasteiger partial charge is 0.291 e. The first-order chi connectivity index (χ1) is 31.9. The largest absolute Gasteiger partial charge is 0.507 e. The molecule has 1 unspecified atom stereocenters. The standard InChI is InChI=1S/C50H56N9O5SSi/c1-30(2)46(49(62)59-27-39(60)28-66(59)50(63)53-31(3)33-9-11-36(12-10-33)47-32(4)52-29-65-47)45-26-42(56-64-45)35-17-21-57(22-18-35)38-19-23-58(24-20-38)37-15-13-34(14-16-37)41-25-43(54-55-48(41)51)40-7-5-6-8-44(40)61/h5-16,25-26,29-31,35,38,46,61H,17-24,27-28H2,1-4H3,(H2,51,55)(H,53,63)/t31-,46?/m0/s1. The van der Waals surface area contributed by atoms with E-state index in [0.29, 0.717) is 28.9 Å². The summed E-state index contributed by atoms with van der Waals surface area (Å²) in [7, 11) is -2.19. The molecule has 9 rings (SSSR count). The maximum Gasteiger partial charge on any atom is 0.291 e. The van der Waals surface area contributed by atoms with Crippen molar-refractivity contribution in [1.82, 2.24) is 35.1 Å². The van der Waals surface area contributed by atoms with Crippen molar-refractivity contribution < 1.29 is 24.0 Å². The zero-order valence-corrected chi connectivity index (χ0v) is 39.6. The molecule has 6 heterocycles. The van der Waals surface area contributed by atoms with Gasteiger partial charge in [0.1, 0.15) is 17.4 Å². The summed E-state index contributed by atoms with van der Waals surface area (Å²) in [4.78, 5) is 51.6. The number of benzene rings is 3. The summed E-state index contributed by atoms with van der Waals surface area (Å²) < 4.78 is 7.50. The van der Waals surface area contributed by atoms with Gasteiger partial charge in [-0.1, -0.05) is 67.5 Å². The number of phenols is 1. The number of ketones is 1. The van der Waals surface area contributed by atoms with Crippen LogP contribution in [0, 0.1) is 12.8 Å². The lowest BCUT2D eigenvalue weighted by Gasteiger charge is -2.42. The first-order valence-electron chi connectivity index (χ1n) is 22.9. The SMILES string of the molecule is Cc1ncsc1-c1ccc([C@H](C)NC(=O)[Si]2CC(=O)CN2C(=O)C(c2cc(C3CCN(C4CCN(c5ccc(-c6cc(-c7ccccc7O)nnc6N)cc5)CC4)CC3)no2)C(C)C)cc1. The molecule has 0 bridgehead atoms. The van der Waals surface area contributed by atoms with Gasteiger partial charge in [0, 0.05) is 54.0 Å². The van der Waals surface area contributed by atoms with Crippen LogP contribution in [-0.2, 0) is 9.59 Å². The molecule has 0 saturated carbocycles. The third kappa shape index (κ3) is 9.39. The van der Waals surface area contributed by atoms with E-state index in [1.54, 1.807) is 28.0 Å². The lowest BCUT2D eigenvalue weighted by atomic mass is 9.88. The number of aryl methyl sites for hydroxylation is 1. The summed E-state index contributed by atoms with van der Waals surface area (Å²) in [6, 6.07) is 27.7. The maximum absolute atomic E-state index is 14.4. The second-order valence-corrected chi connectivity index (χ2v) is 21.3. The fourth-order valence-electron chi connectivity index (χ4n) is 9.79. The number of thiazole rings is 1. The van der Waals surface area contributed by atoms with E-state index in [9.17, 15) is 19.5 Å². The highest BCUT2D eigenvalue weighted by Gasteiger charge is 2.46. The fraction of sp³-hybridized carbons (Fsp3) is 0.380. The molecule has 2 atom stereocenters. The summed E-state index contributed by atoms with van der Waals surface area (Å²) in [6.45, 7) is 11.7. The molecular weight excluding hydrogens is 867 g/mol. The molecule has 2 amide bonds. The molecule has 341 valence electrons. The number of para-hydroxylation sites is 1. The molecule has 4 N–H and O–H groups in total. The van der Waals surface area contributed by atoms with Gasteiger partial charge < -0.3 is 35.0 Å². The van der Waals surface area contributed by atoms with Gasteiger partial charge in [0.2, 0.25) is 11.4 Å². The van der Waals surface area contributed by atoms with E-state index in [-0.39, 0.29) is 53.4 Å². The quantitative estimate of drug-likeness (QED) is 0.0996. The van der Waals surface area contributed by atoms with Crippen molar-refractivity contribution in [3.05, 3.63) is 113 Å². The maximum atomic E-state index is 14.4. The van der Waals surface area contributed by atoms with Crippen LogP contribution in [0.3, 0.4) is 0 Å². The van der Waals surface area contributed by atoms with Crippen molar-refractivity contribution in [2.75, 3.05) is 43.4 Å². The number of nitrogen functional groups attached to an aromatic ring is 1. The van der Waals surface area contributed by atoms with Crippen LogP contribution in [0.25, 0.3) is 32.8 Å². The molecule has 3 aliphatic rings. The van der Waals surface area contributed by atoms with Crippen LogP contribution < -0.4 is 16.0 Å². The second kappa shape index (κ2) is 19.3. The summed E-state index contributed by atoms with van der Waals surface area (Å²) in [6.07, 6.45) is 4.05. The van der Waals surface area contributed by atoms with Gasteiger partial charge in [-0.05, 0) is 106 Å². The summed E-state index contributed by atoms with van der Waals surface area (Å²) >= 11 is 1.60. The van der Waals surface area contributed by atoms with Crippen molar-refractivity contribution in [3.63, 3.8) is 0 Å². The number of nitrogens with two attached hydrogens (primary N) is 1. The number of nitrogens with one attached hydrogen (secondary N) is 1. The van der Waals surface area contributed by atoms with E-state index in [0.717, 1.165) is 90.4 Å². The van der Waals surface area contributed by atoms with Crippen LogP contribution in [0.5, 0.6) is 5.75 Å². The number of aromatic nitrogens is 4. The molecule has 3 fully saturated rings. The third-order valence-electron chi connectivity index (χ3n) is 13.6. The Morgan fingerprint density at radius 2 is 1.61 bits per heavy atom. The van der Waals surface area contributed by atoms with Gasteiger partial charge in [0.15, 0.2) is 11.6 Å². The third-order valence-corrected chi connectivity index (χ3v) is 17.0. The normalized spacial score (nSPS) is 17.7. The number of anilines is 2. The Morgan fingerprint density at radius 3 is 2.29 bits per heavy atom. The van der Waals surface area contributed by atoms with E-state index >= 15 is 0 Å². The number of piperidine rings is 2. The molecule has 3 aliphatic heterocycles. The minimum absolute atomic E-state index is 0.0604. The molecule has 3 aromatic heterocycles. The van der Waals surface area contributed by atoms with Crippen molar-refractivity contribution in [2.45, 2.75) is 83.3 Å². The molecule has 3 aromatic carbocycles. The Hall–Kier alpha value is -6.23. The minimum Gasteiger partial charge on any atom is -0.507 e. The van der Waals surface area contributed by atoms with E-state index in [1.807, 2.05) is 81.7 Å². The minimum atomic E-state index is -2.19. The first kappa shape index (κ1) is 44.9. The monoisotopic (exact) mass is 922 g/mol. The fourth-order valence-corrected chi connectivity index (χ4v) is 12.8. The molecule has 66 heavy (non-hydrogen) atoms. The Balaban J connectivity index is 0.773. The summed E-state index contributed by atoms with van der Waals surface area (Å²) in [5.74, 6) is 0.0792. The Labute approximate surface area is 390 Å². The highest BCUT2D eigenvalue weighted by atomic mass is 32.1. The van der Waals surface area contributed by atoms with Crippen molar-refractivity contribution in [3.8, 4) is 38.6 Å². The van der Waals surface area contributed by atoms with Gasteiger partial charge in [0.05, 0.1) is 40.1 Å². The number of aromatic hydroxyl groups is 1. The molecule has 0 spiro atoms.